The Kier molecular flexibility index (Phi) is 9.48. The number of benzene rings is 12. The highest BCUT2D eigenvalue weighted by atomic mass is 16.3. The van der Waals surface area contributed by atoms with E-state index in [0.717, 1.165) is 72.3 Å². The molecule has 0 unspecified atom stereocenters. The van der Waals surface area contributed by atoms with E-state index >= 15 is 0 Å². The molecule has 0 saturated carbocycles. The topological polar surface area (TPSA) is 21.3 Å². The molecule has 0 saturated heterocycles. The fraction of sp³-hybridized carbons (Fsp3) is 0.0141. The minimum Gasteiger partial charge on any atom is -0.455 e. The summed E-state index contributed by atoms with van der Waals surface area (Å²) in [5, 5.41) is 7.05. The third-order valence-electron chi connectivity index (χ3n) is 15.6. The summed E-state index contributed by atoms with van der Waals surface area (Å²) in [6.45, 7) is 0. The van der Waals surface area contributed by atoms with Gasteiger partial charge in [0.25, 0.3) is 0 Å². The predicted octanol–water partition coefficient (Wildman–Crippen LogP) is 19.0. The van der Waals surface area contributed by atoms with Crippen molar-refractivity contribution in [2.45, 2.75) is 5.41 Å². The zero-order valence-corrected chi connectivity index (χ0v) is 40.4. The number of rotatable bonds is 8. The normalized spacial score (nSPS) is 12.7. The van der Waals surface area contributed by atoms with Crippen LogP contribution in [0.25, 0.3) is 93.6 Å². The molecule has 0 aliphatic heterocycles. The van der Waals surface area contributed by atoms with Crippen molar-refractivity contribution in [1.82, 2.24) is 4.57 Å². The van der Waals surface area contributed by atoms with E-state index < -0.39 is 5.41 Å². The fourth-order valence-electron chi connectivity index (χ4n) is 12.4. The van der Waals surface area contributed by atoms with Crippen LogP contribution in [-0.2, 0) is 5.41 Å². The molecule has 1 aliphatic carbocycles. The minimum atomic E-state index is -0.544. The lowest BCUT2D eigenvalue weighted by Gasteiger charge is -2.34. The molecule has 0 amide bonds. The quantitative estimate of drug-likeness (QED) is 0.151. The van der Waals surface area contributed by atoms with E-state index in [0.29, 0.717) is 0 Å². The second-order valence-corrected chi connectivity index (χ2v) is 19.6. The van der Waals surface area contributed by atoms with E-state index in [1.165, 1.54) is 60.6 Å². The zero-order valence-electron chi connectivity index (χ0n) is 40.4. The lowest BCUT2D eigenvalue weighted by atomic mass is 9.68. The first kappa shape index (κ1) is 42.0. The fourth-order valence-corrected chi connectivity index (χ4v) is 12.4. The molecule has 0 N–H and O–H groups in total. The largest absolute Gasteiger partial charge is 0.455 e. The average molecular weight is 943 g/mol. The number of anilines is 3. The van der Waals surface area contributed by atoms with Crippen LogP contribution < -0.4 is 4.90 Å². The molecule has 0 radical (unpaired) electrons. The van der Waals surface area contributed by atoms with Gasteiger partial charge >= 0.3 is 0 Å². The van der Waals surface area contributed by atoms with Crippen molar-refractivity contribution >= 4 is 71.6 Å². The Hall–Kier alpha value is -9.70. The molecule has 0 spiro atoms. The molecule has 1 aliphatic rings. The van der Waals surface area contributed by atoms with Gasteiger partial charge in [-0.25, -0.2) is 0 Å². The maximum atomic E-state index is 6.58. The molecule has 0 bridgehead atoms. The number of nitrogens with zero attached hydrogens (tertiary/aromatic N) is 2. The molecule has 14 aromatic rings. The third kappa shape index (κ3) is 6.33. The van der Waals surface area contributed by atoms with Crippen LogP contribution >= 0.6 is 0 Å². The standard InChI is InChI=1S/C71H46N2O/c1-3-21-52(22-4-1)71(53-23-5-2-6-24-53)63-31-12-9-30-61(63)69-64(71)32-17-35-67(69)72(55-25-16-20-50(45-55)51-39-43-68-62(46-51)60-42-38-48-18-7-8-27-57(48)70(60)74-68)54-40-36-47(37-41-54)49-19-15-26-56(44-49)73-65-33-13-10-28-58(65)59-29-11-14-34-66(59)73/h1-46H. The first-order valence-corrected chi connectivity index (χ1v) is 25.5. The Morgan fingerprint density at radius 3 is 1.70 bits per heavy atom. The summed E-state index contributed by atoms with van der Waals surface area (Å²) in [7, 11) is 0. The molecule has 12 aromatic carbocycles. The van der Waals surface area contributed by atoms with Crippen LogP contribution in [0.3, 0.4) is 0 Å². The van der Waals surface area contributed by atoms with Crippen LogP contribution in [0, 0.1) is 0 Å². The molecular weight excluding hydrogens is 897 g/mol. The van der Waals surface area contributed by atoms with Gasteiger partial charge in [0.15, 0.2) is 0 Å². The highest BCUT2D eigenvalue weighted by Gasteiger charge is 2.47. The molecule has 0 fully saturated rings. The minimum absolute atomic E-state index is 0.544. The van der Waals surface area contributed by atoms with Gasteiger partial charge in [0.2, 0.25) is 0 Å². The first-order chi connectivity index (χ1) is 36.7. The van der Waals surface area contributed by atoms with Crippen LogP contribution in [0.2, 0.25) is 0 Å². The Bertz CT molecular complexity index is 4390. The van der Waals surface area contributed by atoms with E-state index in [1.807, 2.05) is 0 Å². The van der Waals surface area contributed by atoms with Crippen molar-refractivity contribution in [3.63, 3.8) is 0 Å². The Morgan fingerprint density at radius 2 is 0.946 bits per heavy atom. The summed E-state index contributed by atoms with van der Waals surface area (Å²) in [6, 6.07) is 102. The van der Waals surface area contributed by atoms with Gasteiger partial charge < -0.3 is 13.9 Å². The van der Waals surface area contributed by atoms with Crippen molar-refractivity contribution in [3.8, 4) is 39.1 Å². The number of furan rings is 1. The maximum absolute atomic E-state index is 6.58. The molecule has 2 aromatic heterocycles. The summed E-state index contributed by atoms with van der Waals surface area (Å²) < 4.78 is 8.97. The lowest BCUT2D eigenvalue weighted by Crippen LogP contribution is -2.28. The van der Waals surface area contributed by atoms with E-state index in [4.69, 9.17) is 4.42 Å². The van der Waals surface area contributed by atoms with Gasteiger partial charge in [0.1, 0.15) is 11.2 Å². The van der Waals surface area contributed by atoms with Crippen molar-refractivity contribution in [2.75, 3.05) is 4.90 Å². The molecule has 15 rings (SSSR count). The summed E-state index contributed by atoms with van der Waals surface area (Å²) in [5.41, 5.74) is 20.1. The van der Waals surface area contributed by atoms with E-state index in [2.05, 4.69) is 289 Å². The highest BCUT2D eigenvalue weighted by molar-refractivity contribution is 6.16. The second-order valence-electron chi connectivity index (χ2n) is 19.6. The average Bonchev–Trinajstić information content (AvgIpc) is 4.14. The van der Waals surface area contributed by atoms with Crippen molar-refractivity contribution in [3.05, 3.63) is 301 Å². The molecule has 0 atom stereocenters. The van der Waals surface area contributed by atoms with Gasteiger partial charge in [0, 0.05) is 49.6 Å². The van der Waals surface area contributed by atoms with Gasteiger partial charge in [-0.05, 0) is 128 Å². The van der Waals surface area contributed by atoms with E-state index in [9.17, 15) is 0 Å². The Labute approximate surface area is 429 Å². The smallest absolute Gasteiger partial charge is 0.143 e. The van der Waals surface area contributed by atoms with E-state index in [1.54, 1.807) is 0 Å². The second kappa shape index (κ2) is 16.7. The third-order valence-corrected chi connectivity index (χ3v) is 15.6. The molecule has 3 nitrogen and oxygen atoms in total. The first-order valence-electron chi connectivity index (χ1n) is 25.5. The highest BCUT2D eigenvalue weighted by Crippen LogP contribution is 2.59. The van der Waals surface area contributed by atoms with Crippen molar-refractivity contribution in [1.29, 1.82) is 0 Å². The molecule has 74 heavy (non-hydrogen) atoms. The van der Waals surface area contributed by atoms with Gasteiger partial charge in [-0.1, -0.05) is 206 Å². The number of para-hydroxylation sites is 2. The van der Waals surface area contributed by atoms with Crippen LogP contribution in [0.15, 0.2) is 283 Å². The number of hydrogen-bond acceptors (Lipinski definition) is 2. The number of hydrogen-bond donors (Lipinski definition) is 0. The van der Waals surface area contributed by atoms with Crippen LogP contribution in [-0.4, -0.2) is 4.57 Å². The van der Waals surface area contributed by atoms with Gasteiger partial charge in [-0.2, -0.15) is 0 Å². The van der Waals surface area contributed by atoms with Crippen LogP contribution in [0.4, 0.5) is 17.1 Å². The number of aromatic nitrogens is 1. The summed E-state index contributed by atoms with van der Waals surface area (Å²) in [6.07, 6.45) is 0. The zero-order chi connectivity index (χ0) is 48.7. The van der Waals surface area contributed by atoms with Crippen molar-refractivity contribution < 1.29 is 4.42 Å². The Morgan fingerprint density at radius 1 is 0.351 bits per heavy atom. The molecule has 346 valence electrons. The predicted molar refractivity (Wildman–Crippen MR) is 308 cm³/mol. The maximum Gasteiger partial charge on any atom is 0.143 e. The van der Waals surface area contributed by atoms with Gasteiger partial charge in [-0.3, -0.25) is 0 Å². The van der Waals surface area contributed by atoms with E-state index in [-0.39, 0.29) is 0 Å². The summed E-state index contributed by atoms with van der Waals surface area (Å²) >= 11 is 0. The van der Waals surface area contributed by atoms with Crippen LogP contribution in [0.1, 0.15) is 22.3 Å². The van der Waals surface area contributed by atoms with Gasteiger partial charge in [0.05, 0.1) is 22.1 Å². The lowest BCUT2D eigenvalue weighted by molar-refractivity contribution is 0.672. The molecular formula is C71H46N2O. The van der Waals surface area contributed by atoms with Gasteiger partial charge in [-0.15, -0.1) is 0 Å². The Balaban J connectivity index is 0.913. The summed E-state index contributed by atoms with van der Waals surface area (Å²) in [4.78, 5) is 2.47. The monoisotopic (exact) mass is 942 g/mol. The SMILES string of the molecule is c1ccc(C2(c3ccccc3)c3ccccc3-c3c(N(c4ccc(-c5cccc(-n6c7ccccc7c7ccccc76)c5)cc4)c4cccc(-c5ccc6oc7c8ccccc8ccc7c6c5)c4)cccc32)cc1. The molecule has 3 heteroatoms. The number of fused-ring (bicyclic) bond motifs is 11. The van der Waals surface area contributed by atoms with Crippen LogP contribution in [0.5, 0.6) is 0 Å². The molecule has 2 heterocycles. The van der Waals surface area contributed by atoms with Crippen molar-refractivity contribution in [2.24, 2.45) is 0 Å². The summed E-state index contributed by atoms with van der Waals surface area (Å²) in [5.74, 6) is 0.